The first kappa shape index (κ1) is 12.7. The topological polar surface area (TPSA) is 20.2 Å². The van der Waals surface area contributed by atoms with Crippen LogP contribution in [0, 0.1) is 5.82 Å². The molecule has 0 radical (unpaired) electrons. The van der Waals surface area contributed by atoms with Crippen molar-refractivity contribution in [3.63, 3.8) is 0 Å². The lowest BCUT2D eigenvalue weighted by atomic mass is 10.0. The Morgan fingerprint density at radius 1 is 1.35 bits per heavy atom. The average molecular weight is 315 g/mol. The predicted molar refractivity (Wildman–Crippen MR) is 71.7 cm³/mol. The summed E-state index contributed by atoms with van der Waals surface area (Å²) in [6.45, 7) is 0. The van der Waals surface area contributed by atoms with Gasteiger partial charge in [0.1, 0.15) is 5.82 Å². The number of benzene rings is 1. The molecule has 2 rings (SSSR count). The quantitative estimate of drug-likeness (QED) is 0.891. The van der Waals surface area contributed by atoms with Gasteiger partial charge in [-0.05, 0) is 48.1 Å². The fraction of sp³-hybridized carbons (Fsp3) is 0.231. The van der Waals surface area contributed by atoms with Gasteiger partial charge in [-0.3, -0.25) is 0 Å². The molecule has 90 valence electrons. The van der Waals surface area contributed by atoms with Crippen molar-refractivity contribution in [2.45, 2.75) is 18.9 Å². The molecule has 1 aromatic carbocycles. The molecule has 0 aliphatic rings. The van der Waals surface area contributed by atoms with Gasteiger partial charge in [0.2, 0.25) is 0 Å². The molecular weight excluding hydrogens is 303 g/mol. The van der Waals surface area contributed by atoms with Crippen LogP contribution in [0.15, 0.2) is 40.2 Å². The van der Waals surface area contributed by atoms with E-state index in [0.29, 0.717) is 12.0 Å². The van der Waals surface area contributed by atoms with Gasteiger partial charge < -0.3 is 5.11 Å². The number of thiophene rings is 1. The standard InChI is InChI=1S/C13H12BrFOS/c14-12-5-3-9(15)8-11(12)13(16)6-4-10-2-1-7-17-10/h1-3,5,7-8,13,16H,4,6H2. The summed E-state index contributed by atoms with van der Waals surface area (Å²) in [5.74, 6) is -0.321. The van der Waals surface area contributed by atoms with Crippen molar-refractivity contribution in [2.24, 2.45) is 0 Å². The third-order valence-electron chi connectivity index (χ3n) is 2.56. The molecule has 0 aliphatic carbocycles. The van der Waals surface area contributed by atoms with Crippen LogP contribution in [0.1, 0.15) is 23.0 Å². The van der Waals surface area contributed by atoms with E-state index >= 15 is 0 Å². The second-order valence-corrected chi connectivity index (χ2v) is 5.69. The van der Waals surface area contributed by atoms with Crippen LogP contribution in [0.2, 0.25) is 0 Å². The van der Waals surface area contributed by atoms with E-state index in [9.17, 15) is 9.50 Å². The molecule has 0 saturated heterocycles. The number of halogens is 2. The zero-order chi connectivity index (χ0) is 12.3. The monoisotopic (exact) mass is 314 g/mol. The van der Waals surface area contributed by atoms with Crippen LogP contribution in [0.4, 0.5) is 4.39 Å². The molecule has 1 aromatic heterocycles. The molecule has 17 heavy (non-hydrogen) atoms. The van der Waals surface area contributed by atoms with Crippen molar-refractivity contribution in [3.8, 4) is 0 Å². The van der Waals surface area contributed by atoms with Crippen molar-refractivity contribution in [1.29, 1.82) is 0 Å². The molecule has 1 N–H and O–H groups in total. The molecule has 1 heterocycles. The molecular formula is C13H12BrFOS. The molecule has 0 saturated carbocycles. The molecule has 0 amide bonds. The first-order chi connectivity index (χ1) is 8.16. The number of rotatable bonds is 4. The number of aliphatic hydroxyl groups is 1. The Kier molecular flexibility index (Phi) is 4.31. The normalized spacial score (nSPS) is 12.6. The molecule has 0 aliphatic heterocycles. The van der Waals surface area contributed by atoms with Crippen molar-refractivity contribution >= 4 is 27.3 Å². The summed E-state index contributed by atoms with van der Waals surface area (Å²) in [5.41, 5.74) is 0.613. The Hall–Kier alpha value is -0.710. The summed E-state index contributed by atoms with van der Waals surface area (Å²) in [5, 5.41) is 12.0. The second-order valence-electron chi connectivity index (χ2n) is 3.80. The number of hydrogen-bond acceptors (Lipinski definition) is 2. The van der Waals surface area contributed by atoms with Crippen LogP contribution in [-0.2, 0) is 6.42 Å². The van der Waals surface area contributed by atoms with Crippen LogP contribution in [0.5, 0.6) is 0 Å². The van der Waals surface area contributed by atoms with Crippen LogP contribution >= 0.6 is 27.3 Å². The highest BCUT2D eigenvalue weighted by molar-refractivity contribution is 9.10. The minimum absolute atomic E-state index is 0.321. The van der Waals surface area contributed by atoms with E-state index in [-0.39, 0.29) is 5.82 Å². The van der Waals surface area contributed by atoms with E-state index < -0.39 is 6.10 Å². The molecule has 0 fully saturated rings. The molecule has 0 bridgehead atoms. The van der Waals surface area contributed by atoms with Crippen molar-refractivity contribution < 1.29 is 9.50 Å². The highest BCUT2D eigenvalue weighted by Gasteiger charge is 2.12. The average Bonchev–Trinajstić information content (AvgIpc) is 2.82. The smallest absolute Gasteiger partial charge is 0.123 e. The molecule has 2 aromatic rings. The minimum atomic E-state index is -0.637. The summed E-state index contributed by atoms with van der Waals surface area (Å²) in [6, 6.07) is 8.41. The Morgan fingerprint density at radius 2 is 2.18 bits per heavy atom. The van der Waals surface area contributed by atoms with Crippen molar-refractivity contribution in [3.05, 3.63) is 56.4 Å². The molecule has 4 heteroatoms. The Labute approximate surface area is 112 Å². The third-order valence-corrected chi connectivity index (χ3v) is 4.22. The van der Waals surface area contributed by atoms with Gasteiger partial charge in [0.15, 0.2) is 0 Å². The SMILES string of the molecule is OC(CCc1cccs1)c1cc(F)ccc1Br. The highest BCUT2D eigenvalue weighted by Crippen LogP contribution is 2.28. The highest BCUT2D eigenvalue weighted by atomic mass is 79.9. The van der Waals surface area contributed by atoms with Crippen LogP contribution < -0.4 is 0 Å². The summed E-state index contributed by atoms with van der Waals surface area (Å²) in [4.78, 5) is 1.23. The maximum Gasteiger partial charge on any atom is 0.123 e. The van der Waals surface area contributed by atoms with Crippen molar-refractivity contribution in [1.82, 2.24) is 0 Å². The molecule has 1 nitrogen and oxygen atoms in total. The Balaban J connectivity index is 2.04. The van der Waals surface area contributed by atoms with Gasteiger partial charge in [0.05, 0.1) is 6.10 Å². The first-order valence-electron chi connectivity index (χ1n) is 5.32. The zero-order valence-corrected chi connectivity index (χ0v) is 11.5. The van der Waals surface area contributed by atoms with E-state index in [1.165, 1.54) is 17.0 Å². The summed E-state index contributed by atoms with van der Waals surface area (Å²) in [7, 11) is 0. The lowest BCUT2D eigenvalue weighted by Crippen LogP contribution is -2.00. The molecule has 1 unspecified atom stereocenters. The second kappa shape index (κ2) is 5.76. The summed E-state index contributed by atoms with van der Waals surface area (Å²) >= 11 is 5.00. The Bertz CT molecular complexity index is 484. The lowest BCUT2D eigenvalue weighted by Gasteiger charge is -2.12. The largest absolute Gasteiger partial charge is 0.388 e. The van der Waals surface area contributed by atoms with E-state index in [0.717, 1.165) is 10.9 Å². The van der Waals surface area contributed by atoms with E-state index in [1.807, 2.05) is 17.5 Å². The van der Waals surface area contributed by atoms with E-state index in [2.05, 4.69) is 15.9 Å². The third kappa shape index (κ3) is 3.37. The fourth-order valence-electron chi connectivity index (χ4n) is 1.66. The van der Waals surface area contributed by atoms with Gasteiger partial charge in [-0.1, -0.05) is 22.0 Å². The lowest BCUT2D eigenvalue weighted by molar-refractivity contribution is 0.167. The maximum atomic E-state index is 13.1. The van der Waals surface area contributed by atoms with Gasteiger partial charge in [0, 0.05) is 9.35 Å². The van der Waals surface area contributed by atoms with Gasteiger partial charge in [-0.2, -0.15) is 0 Å². The van der Waals surface area contributed by atoms with Crippen LogP contribution in [0.3, 0.4) is 0 Å². The van der Waals surface area contributed by atoms with Gasteiger partial charge in [0.25, 0.3) is 0 Å². The Morgan fingerprint density at radius 3 is 2.88 bits per heavy atom. The van der Waals surface area contributed by atoms with Crippen LogP contribution in [-0.4, -0.2) is 5.11 Å². The molecule has 0 spiro atoms. The first-order valence-corrected chi connectivity index (χ1v) is 6.99. The zero-order valence-electron chi connectivity index (χ0n) is 9.07. The van der Waals surface area contributed by atoms with Crippen LogP contribution in [0.25, 0.3) is 0 Å². The van der Waals surface area contributed by atoms with E-state index in [1.54, 1.807) is 17.4 Å². The minimum Gasteiger partial charge on any atom is -0.388 e. The summed E-state index contributed by atoms with van der Waals surface area (Å²) < 4.78 is 13.8. The van der Waals surface area contributed by atoms with E-state index in [4.69, 9.17) is 0 Å². The summed E-state index contributed by atoms with van der Waals surface area (Å²) in [6.07, 6.45) is 0.770. The fourth-order valence-corrected chi connectivity index (χ4v) is 2.89. The van der Waals surface area contributed by atoms with Gasteiger partial charge in [-0.25, -0.2) is 4.39 Å². The number of aliphatic hydroxyl groups excluding tert-OH is 1. The van der Waals surface area contributed by atoms with Gasteiger partial charge in [-0.15, -0.1) is 11.3 Å². The maximum absolute atomic E-state index is 13.1. The number of hydrogen-bond donors (Lipinski definition) is 1. The predicted octanol–water partition coefficient (Wildman–Crippen LogP) is 4.32. The van der Waals surface area contributed by atoms with Gasteiger partial charge >= 0.3 is 0 Å². The number of aryl methyl sites for hydroxylation is 1. The van der Waals surface area contributed by atoms with Crippen molar-refractivity contribution in [2.75, 3.05) is 0 Å². The molecule has 1 atom stereocenters.